The molecular formula is C35H30BrClN2O4. The van der Waals surface area contributed by atoms with Gasteiger partial charge < -0.3 is 24.7 Å². The van der Waals surface area contributed by atoms with E-state index in [0.717, 1.165) is 44.1 Å². The number of aromatic hydroxyl groups is 1. The molecule has 5 aromatic rings. The number of carbonyl (C=O) groups is 1. The first kappa shape index (κ1) is 30.3. The number of nitrogens with one attached hydrogen (secondary N) is 1. The molecule has 5 rings (SSSR count). The number of hydrogen-bond acceptors (Lipinski definition) is 6. The number of ether oxygens (including phenoxy) is 2. The maximum atomic E-state index is 11.9. The summed E-state index contributed by atoms with van der Waals surface area (Å²) in [5.41, 5.74) is 5.79. The largest absolute Gasteiger partial charge is 0.508 e. The Kier molecular flexibility index (Phi) is 10.4. The van der Waals surface area contributed by atoms with Crippen LogP contribution in [0.3, 0.4) is 0 Å². The number of phenolic OH excluding ortho intramolecular Hbond substituents is 1. The maximum absolute atomic E-state index is 11.9. The number of nitrogens with zero attached hydrogens (tertiary/aromatic N) is 1. The highest BCUT2D eigenvalue weighted by molar-refractivity contribution is 9.10. The van der Waals surface area contributed by atoms with Gasteiger partial charge >= 0.3 is 0 Å². The van der Waals surface area contributed by atoms with E-state index in [0.29, 0.717) is 42.7 Å². The minimum atomic E-state index is -0.445. The van der Waals surface area contributed by atoms with E-state index in [2.05, 4.69) is 44.4 Å². The van der Waals surface area contributed by atoms with Gasteiger partial charge in [-0.3, -0.25) is 4.98 Å². The van der Waals surface area contributed by atoms with Gasteiger partial charge in [0.15, 0.2) is 0 Å². The van der Waals surface area contributed by atoms with Gasteiger partial charge in [-0.05, 0) is 63.3 Å². The molecule has 0 spiro atoms. The van der Waals surface area contributed by atoms with Crippen LogP contribution in [0.25, 0.3) is 11.1 Å². The van der Waals surface area contributed by atoms with Crippen molar-refractivity contribution in [2.45, 2.75) is 32.2 Å². The van der Waals surface area contributed by atoms with Crippen molar-refractivity contribution >= 4 is 33.8 Å². The van der Waals surface area contributed by atoms with Crippen molar-refractivity contribution < 1.29 is 19.4 Å². The van der Waals surface area contributed by atoms with Crippen LogP contribution in [0.1, 0.15) is 22.3 Å². The fourth-order valence-corrected chi connectivity index (χ4v) is 5.44. The summed E-state index contributed by atoms with van der Waals surface area (Å²) < 4.78 is 13.4. The first-order valence-corrected chi connectivity index (χ1v) is 14.9. The Labute approximate surface area is 264 Å². The molecule has 0 saturated heterocycles. The Morgan fingerprint density at radius 1 is 0.860 bits per heavy atom. The van der Waals surface area contributed by atoms with Gasteiger partial charge in [0, 0.05) is 46.2 Å². The number of aldehydes is 1. The molecule has 8 heteroatoms. The van der Waals surface area contributed by atoms with Gasteiger partial charge in [-0.25, -0.2) is 0 Å². The number of rotatable bonds is 13. The SMILES string of the molecule is O=CC(Cc1ccc(O)cc1)NCc1cc(Cl)c(OCc2cccc(-c3ccccc3)c2Br)cc1OCc1cccnc1. The zero-order valence-corrected chi connectivity index (χ0v) is 25.6. The van der Waals surface area contributed by atoms with Gasteiger partial charge in [-0.2, -0.15) is 0 Å². The molecular weight excluding hydrogens is 628 g/mol. The van der Waals surface area contributed by atoms with Crippen LogP contribution in [0.5, 0.6) is 17.2 Å². The van der Waals surface area contributed by atoms with E-state index in [4.69, 9.17) is 21.1 Å². The lowest BCUT2D eigenvalue weighted by Gasteiger charge is -2.18. The Morgan fingerprint density at radius 2 is 1.65 bits per heavy atom. The summed E-state index contributed by atoms with van der Waals surface area (Å²) >= 11 is 10.5. The standard InChI is InChI=1S/C35H30BrClN2O4/c36-35-27(9-4-10-31(35)26-7-2-1-3-8-26)23-43-34-18-33(42-22-25-6-5-15-38-19-25)28(17-32(34)37)20-39-29(21-40)16-24-11-13-30(41)14-12-24/h1-15,17-19,21,29,39,41H,16,20,22-23H2. The summed E-state index contributed by atoms with van der Waals surface area (Å²) in [6.45, 7) is 0.937. The van der Waals surface area contributed by atoms with Crippen LogP contribution in [-0.4, -0.2) is 22.4 Å². The van der Waals surface area contributed by atoms with Crippen LogP contribution in [-0.2, 0) is 31.0 Å². The van der Waals surface area contributed by atoms with Gasteiger partial charge in [0.25, 0.3) is 0 Å². The summed E-state index contributed by atoms with van der Waals surface area (Å²) in [6, 6.07) is 30.0. The lowest BCUT2D eigenvalue weighted by molar-refractivity contribution is -0.109. The van der Waals surface area contributed by atoms with Crippen LogP contribution in [0.4, 0.5) is 0 Å². The van der Waals surface area contributed by atoms with Gasteiger partial charge in [-0.1, -0.05) is 78.3 Å². The highest BCUT2D eigenvalue weighted by Crippen LogP contribution is 2.36. The van der Waals surface area contributed by atoms with Crippen LogP contribution in [0.15, 0.2) is 114 Å². The van der Waals surface area contributed by atoms with Crippen molar-refractivity contribution in [1.82, 2.24) is 10.3 Å². The average molecular weight is 658 g/mol. The molecule has 0 fully saturated rings. The number of pyridine rings is 1. The molecule has 0 bridgehead atoms. The van der Waals surface area contributed by atoms with E-state index in [9.17, 15) is 9.90 Å². The van der Waals surface area contributed by atoms with Gasteiger partial charge in [0.2, 0.25) is 0 Å². The van der Waals surface area contributed by atoms with Crippen molar-refractivity contribution in [3.63, 3.8) is 0 Å². The number of benzene rings is 4. The second kappa shape index (κ2) is 14.8. The number of carbonyl (C=O) groups excluding carboxylic acids is 1. The third kappa shape index (κ3) is 8.23. The topological polar surface area (TPSA) is 80.7 Å². The van der Waals surface area contributed by atoms with E-state index in [-0.39, 0.29) is 5.75 Å². The highest BCUT2D eigenvalue weighted by atomic mass is 79.9. The molecule has 6 nitrogen and oxygen atoms in total. The summed E-state index contributed by atoms with van der Waals surface area (Å²) in [5.74, 6) is 1.25. The van der Waals surface area contributed by atoms with Crippen molar-refractivity contribution in [2.75, 3.05) is 0 Å². The van der Waals surface area contributed by atoms with Crippen molar-refractivity contribution in [3.05, 3.63) is 141 Å². The first-order chi connectivity index (χ1) is 21.0. The Balaban J connectivity index is 1.34. The maximum Gasteiger partial charge on any atom is 0.142 e. The predicted molar refractivity (Wildman–Crippen MR) is 172 cm³/mol. The smallest absolute Gasteiger partial charge is 0.142 e. The normalized spacial score (nSPS) is 11.6. The van der Waals surface area contributed by atoms with E-state index < -0.39 is 6.04 Å². The summed E-state index contributed by atoms with van der Waals surface area (Å²) in [5, 5.41) is 13.3. The molecule has 0 radical (unpaired) electrons. The molecule has 1 aromatic heterocycles. The number of halogens is 2. The summed E-state index contributed by atoms with van der Waals surface area (Å²) in [6.07, 6.45) is 4.82. The zero-order valence-electron chi connectivity index (χ0n) is 23.3. The molecule has 1 unspecified atom stereocenters. The molecule has 0 amide bonds. The van der Waals surface area contributed by atoms with E-state index in [1.165, 1.54) is 0 Å². The van der Waals surface area contributed by atoms with E-state index in [1.54, 1.807) is 48.8 Å². The van der Waals surface area contributed by atoms with Gasteiger partial charge in [-0.15, -0.1) is 0 Å². The minimum absolute atomic E-state index is 0.183. The highest BCUT2D eigenvalue weighted by Gasteiger charge is 2.16. The fourth-order valence-electron chi connectivity index (χ4n) is 4.59. The van der Waals surface area contributed by atoms with Gasteiger partial charge in [0.1, 0.15) is 36.7 Å². The number of phenols is 1. The van der Waals surface area contributed by atoms with Crippen LogP contribution < -0.4 is 14.8 Å². The Hall–Kier alpha value is -4.17. The molecule has 0 aliphatic heterocycles. The molecule has 218 valence electrons. The fraction of sp³-hybridized carbons (Fsp3) is 0.143. The molecule has 0 aliphatic rings. The van der Waals surface area contributed by atoms with E-state index >= 15 is 0 Å². The zero-order chi connectivity index (χ0) is 30.0. The molecule has 4 aromatic carbocycles. The summed E-state index contributed by atoms with van der Waals surface area (Å²) in [7, 11) is 0. The minimum Gasteiger partial charge on any atom is -0.508 e. The lowest BCUT2D eigenvalue weighted by Crippen LogP contribution is -2.32. The third-order valence-electron chi connectivity index (χ3n) is 6.89. The van der Waals surface area contributed by atoms with Crippen LogP contribution >= 0.6 is 27.5 Å². The first-order valence-electron chi connectivity index (χ1n) is 13.8. The molecule has 2 N–H and O–H groups in total. The van der Waals surface area contributed by atoms with Gasteiger partial charge in [0.05, 0.1) is 11.1 Å². The lowest BCUT2D eigenvalue weighted by atomic mass is 10.0. The van der Waals surface area contributed by atoms with Crippen LogP contribution in [0.2, 0.25) is 5.02 Å². The molecule has 43 heavy (non-hydrogen) atoms. The number of aromatic nitrogens is 1. The second-order valence-corrected chi connectivity index (χ2v) is 11.2. The third-order valence-corrected chi connectivity index (χ3v) is 8.12. The monoisotopic (exact) mass is 656 g/mol. The van der Waals surface area contributed by atoms with Crippen LogP contribution in [0, 0.1) is 0 Å². The molecule has 0 saturated carbocycles. The quantitative estimate of drug-likeness (QED) is 0.125. The Morgan fingerprint density at radius 3 is 2.40 bits per heavy atom. The predicted octanol–water partition coefficient (Wildman–Crippen LogP) is 7.93. The number of hydrogen-bond donors (Lipinski definition) is 2. The molecule has 1 heterocycles. The molecule has 1 atom stereocenters. The second-order valence-electron chi connectivity index (χ2n) is 9.97. The van der Waals surface area contributed by atoms with Crippen molar-refractivity contribution in [2.24, 2.45) is 0 Å². The average Bonchev–Trinajstić information content (AvgIpc) is 3.04. The van der Waals surface area contributed by atoms with Crippen molar-refractivity contribution in [1.29, 1.82) is 0 Å². The molecule has 0 aliphatic carbocycles. The Bertz CT molecular complexity index is 1650. The van der Waals surface area contributed by atoms with E-state index in [1.807, 2.05) is 42.5 Å². The summed E-state index contributed by atoms with van der Waals surface area (Å²) in [4.78, 5) is 16.0. The van der Waals surface area contributed by atoms with Crippen molar-refractivity contribution in [3.8, 4) is 28.4 Å².